The summed E-state index contributed by atoms with van der Waals surface area (Å²) in [5.74, 6) is 0.0558. The lowest BCUT2D eigenvalue weighted by molar-refractivity contribution is 0.103. The Kier molecular flexibility index (Phi) is 3.37. The summed E-state index contributed by atoms with van der Waals surface area (Å²) in [4.78, 5) is 13.0. The van der Waals surface area contributed by atoms with E-state index in [0.29, 0.717) is 0 Å². The third-order valence-corrected chi connectivity index (χ3v) is 3.20. The second-order valence-electron chi connectivity index (χ2n) is 3.39. The fourth-order valence-corrected chi connectivity index (χ4v) is 2.16. The molecule has 0 aromatic carbocycles. The van der Waals surface area contributed by atoms with Crippen molar-refractivity contribution in [2.24, 2.45) is 0 Å². The van der Waals surface area contributed by atoms with Gasteiger partial charge in [0.15, 0.2) is 0 Å². The quantitative estimate of drug-likeness (QED) is 0.583. The van der Waals surface area contributed by atoms with Gasteiger partial charge in [0.05, 0.1) is 5.69 Å². The topological polar surface area (TPSA) is 22.0 Å². The van der Waals surface area contributed by atoms with Crippen LogP contribution in [-0.4, -0.2) is 10.4 Å². The van der Waals surface area contributed by atoms with E-state index in [9.17, 15) is 4.79 Å². The SMILES string of the molecule is CCn1cccc1C(=O)C=Cc1cccs1. The lowest BCUT2D eigenvalue weighted by Crippen LogP contribution is -2.04. The molecule has 0 bridgehead atoms. The molecule has 2 aromatic rings. The van der Waals surface area contributed by atoms with E-state index in [2.05, 4.69) is 0 Å². The highest BCUT2D eigenvalue weighted by molar-refractivity contribution is 7.10. The van der Waals surface area contributed by atoms with Gasteiger partial charge >= 0.3 is 0 Å². The molecule has 0 radical (unpaired) electrons. The number of ketones is 1. The molecule has 0 unspecified atom stereocenters. The van der Waals surface area contributed by atoms with Crippen molar-refractivity contribution in [1.82, 2.24) is 4.57 Å². The molecule has 0 atom stereocenters. The fraction of sp³-hybridized carbons (Fsp3) is 0.154. The van der Waals surface area contributed by atoms with Crippen LogP contribution in [0, 0.1) is 0 Å². The zero-order valence-corrected chi connectivity index (χ0v) is 9.91. The van der Waals surface area contributed by atoms with E-state index in [0.717, 1.165) is 17.1 Å². The molecule has 0 N–H and O–H groups in total. The minimum atomic E-state index is 0.0558. The molecule has 0 aliphatic carbocycles. The zero-order valence-electron chi connectivity index (χ0n) is 9.09. The van der Waals surface area contributed by atoms with Crippen LogP contribution in [0.15, 0.2) is 41.9 Å². The standard InChI is InChI=1S/C13H13NOS/c1-2-14-9-3-6-12(14)13(15)8-7-11-5-4-10-16-11/h3-10H,2H2,1H3. The molecule has 0 saturated heterocycles. The normalized spacial score (nSPS) is 11.1. The van der Waals surface area contributed by atoms with Gasteiger partial charge in [-0.25, -0.2) is 0 Å². The molecular weight excluding hydrogens is 218 g/mol. The Morgan fingerprint density at radius 1 is 1.44 bits per heavy atom. The number of nitrogens with zero attached hydrogens (tertiary/aromatic N) is 1. The minimum Gasteiger partial charge on any atom is -0.345 e. The van der Waals surface area contributed by atoms with Crippen molar-refractivity contribution in [3.05, 3.63) is 52.5 Å². The van der Waals surface area contributed by atoms with Gasteiger partial charge in [-0.05, 0) is 42.7 Å². The number of hydrogen-bond donors (Lipinski definition) is 0. The summed E-state index contributed by atoms with van der Waals surface area (Å²) in [7, 11) is 0. The lowest BCUT2D eigenvalue weighted by Gasteiger charge is -2.01. The van der Waals surface area contributed by atoms with E-state index >= 15 is 0 Å². The van der Waals surface area contributed by atoms with Gasteiger partial charge in [0, 0.05) is 17.6 Å². The van der Waals surface area contributed by atoms with Crippen molar-refractivity contribution in [2.75, 3.05) is 0 Å². The first kappa shape index (κ1) is 10.9. The van der Waals surface area contributed by atoms with Crippen LogP contribution in [0.3, 0.4) is 0 Å². The molecule has 0 aliphatic rings. The third kappa shape index (κ3) is 2.31. The van der Waals surface area contributed by atoms with Crippen LogP contribution < -0.4 is 0 Å². The highest BCUT2D eigenvalue weighted by Crippen LogP contribution is 2.11. The van der Waals surface area contributed by atoms with Crippen LogP contribution in [0.5, 0.6) is 0 Å². The van der Waals surface area contributed by atoms with Crippen LogP contribution in [0.4, 0.5) is 0 Å². The van der Waals surface area contributed by atoms with Crippen molar-refractivity contribution in [1.29, 1.82) is 0 Å². The molecule has 3 heteroatoms. The maximum absolute atomic E-state index is 11.9. The first-order valence-electron chi connectivity index (χ1n) is 5.22. The van der Waals surface area contributed by atoms with E-state index in [1.165, 1.54) is 0 Å². The van der Waals surface area contributed by atoms with Crippen LogP contribution in [0.2, 0.25) is 0 Å². The number of aryl methyl sites for hydroxylation is 1. The average Bonchev–Trinajstić information content (AvgIpc) is 2.96. The highest BCUT2D eigenvalue weighted by atomic mass is 32.1. The Labute approximate surface area is 98.8 Å². The summed E-state index contributed by atoms with van der Waals surface area (Å²) < 4.78 is 1.95. The van der Waals surface area contributed by atoms with Crippen molar-refractivity contribution < 1.29 is 4.79 Å². The van der Waals surface area contributed by atoms with Crippen LogP contribution in [0.1, 0.15) is 22.3 Å². The first-order valence-corrected chi connectivity index (χ1v) is 6.10. The summed E-state index contributed by atoms with van der Waals surface area (Å²) in [5.41, 5.74) is 0.746. The molecular formula is C13H13NOS. The number of aromatic nitrogens is 1. The van der Waals surface area contributed by atoms with Gasteiger partial charge in [0.2, 0.25) is 5.78 Å². The summed E-state index contributed by atoms with van der Waals surface area (Å²) in [5, 5.41) is 2.00. The van der Waals surface area contributed by atoms with Crippen molar-refractivity contribution in [3.63, 3.8) is 0 Å². The molecule has 0 aliphatic heterocycles. The van der Waals surface area contributed by atoms with Gasteiger partial charge in [-0.1, -0.05) is 6.07 Å². The number of thiophene rings is 1. The third-order valence-electron chi connectivity index (χ3n) is 2.36. The maximum Gasteiger partial charge on any atom is 0.202 e. The molecule has 2 rings (SSSR count). The van der Waals surface area contributed by atoms with Crippen molar-refractivity contribution in [2.45, 2.75) is 13.5 Å². The molecule has 0 spiro atoms. The van der Waals surface area contributed by atoms with E-state index in [1.54, 1.807) is 17.4 Å². The predicted octanol–water partition coefficient (Wildman–Crippen LogP) is 3.47. The molecule has 0 saturated carbocycles. The Morgan fingerprint density at radius 2 is 2.31 bits per heavy atom. The molecule has 0 amide bonds. The van der Waals surface area contributed by atoms with E-state index < -0.39 is 0 Å². The summed E-state index contributed by atoms with van der Waals surface area (Å²) in [6.45, 7) is 2.85. The molecule has 16 heavy (non-hydrogen) atoms. The molecule has 2 heterocycles. The molecule has 82 valence electrons. The number of rotatable bonds is 4. The summed E-state index contributed by atoms with van der Waals surface area (Å²) in [6, 6.07) is 7.72. The lowest BCUT2D eigenvalue weighted by atomic mass is 10.2. The van der Waals surface area contributed by atoms with Gasteiger partial charge in [-0.3, -0.25) is 4.79 Å². The average molecular weight is 231 g/mol. The van der Waals surface area contributed by atoms with Gasteiger partial charge in [0.1, 0.15) is 0 Å². The smallest absolute Gasteiger partial charge is 0.202 e. The van der Waals surface area contributed by atoms with Gasteiger partial charge in [-0.2, -0.15) is 0 Å². The molecule has 2 nitrogen and oxygen atoms in total. The second kappa shape index (κ2) is 4.94. The van der Waals surface area contributed by atoms with Gasteiger partial charge in [0.25, 0.3) is 0 Å². The number of carbonyl (C=O) groups excluding carboxylic acids is 1. The first-order chi connectivity index (χ1) is 7.81. The van der Waals surface area contributed by atoms with Crippen LogP contribution in [-0.2, 0) is 6.54 Å². The minimum absolute atomic E-state index is 0.0558. The summed E-state index contributed by atoms with van der Waals surface area (Å²) in [6.07, 6.45) is 5.42. The fourth-order valence-electron chi connectivity index (χ4n) is 1.54. The van der Waals surface area contributed by atoms with Gasteiger partial charge in [-0.15, -0.1) is 11.3 Å². The monoisotopic (exact) mass is 231 g/mol. The van der Waals surface area contributed by atoms with E-state index in [1.807, 2.05) is 53.4 Å². The molecule has 0 fully saturated rings. The summed E-state index contributed by atoms with van der Waals surface area (Å²) >= 11 is 1.63. The Balaban J connectivity index is 2.14. The second-order valence-corrected chi connectivity index (χ2v) is 4.37. The van der Waals surface area contributed by atoms with Crippen LogP contribution >= 0.6 is 11.3 Å². The van der Waals surface area contributed by atoms with E-state index in [-0.39, 0.29) is 5.78 Å². The number of carbonyl (C=O) groups is 1. The predicted molar refractivity (Wildman–Crippen MR) is 67.8 cm³/mol. The van der Waals surface area contributed by atoms with Crippen molar-refractivity contribution in [3.8, 4) is 0 Å². The maximum atomic E-state index is 11.9. The highest BCUT2D eigenvalue weighted by Gasteiger charge is 2.05. The number of hydrogen-bond acceptors (Lipinski definition) is 2. The Bertz CT molecular complexity index is 494. The molecule has 2 aromatic heterocycles. The Hall–Kier alpha value is -1.61. The van der Waals surface area contributed by atoms with E-state index in [4.69, 9.17) is 0 Å². The van der Waals surface area contributed by atoms with Gasteiger partial charge < -0.3 is 4.57 Å². The van der Waals surface area contributed by atoms with Crippen LogP contribution in [0.25, 0.3) is 6.08 Å². The zero-order chi connectivity index (χ0) is 11.4. The largest absolute Gasteiger partial charge is 0.345 e. The number of allylic oxidation sites excluding steroid dienone is 1. The Morgan fingerprint density at radius 3 is 3.00 bits per heavy atom. The van der Waals surface area contributed by atoms with Crippen molar-refractivity contribution >= 4 is 23.2 Å².